The van der Waals surface area contributed by atoms with Gasteiger partial charge in [-0.3, -0.25) is 4.79 Å². The van der Waals surface area contributed by atoms with Crippen LogP contribution in [0.4, 0.5) is 0 Å². The highest BCUT2D eigenvalue weighted by Crippen LogP contribution is 2.26. The first-order valence-electron chi connectivity index (χ1n) is 9.22. The number of carbonyl (C=O) groups excluding carboxylic acids is 1. The quantitative estimate of drug-likeness (QED) is 0.828. The molecule has 2 rings (SSSR count). The second-order valence-electron chi connectivity index (χ2n) is 6.79. The minimum absolute atomic E-state index is 0.337. The predicted molar refractivity (Wildman–Crippen MR) is 96.7 cm³/mol. The van der Waals surface area contributed by atoms with Crippen LogP contribution in [0.5, 0.6) is 0 Å². The molecule has 1 aromatic carbocycles. The lowest BCUT2D eigenvalue weighted by Gasteiger charge is -2.35. The summed E-state index contributed by atoms with van der Waals surface area (Å²) in [5, 5.41) is 3.40. The van der Waals surface area contributed by atoms with Crippen molar-refractivity contribution < 1.29 is 4.79 Å². The topological polar surface area (TPSA) is 32.3 Å². The van der Waals surface area contributed by atoms with Crippen molar-refractivity contribution >= 4 is 5.91 Å². The van der Waals surface area contributed by atoms with Crippen LogP contribution in [-0.2, 0) is 4.79 Å². The number of rotatable bonds is 7. The van der Waals surface area contributed by atoms with Crippen LogP contribution in [0, 0.1) is 6.92 Å². The Balaban J connectivity index is 2.04. The van der Waals surface area contributed by atoms with Crippen LogP contribution in [0.15, 0.2) is 24.3 Å². The van der Waals surface area contributed by atoms with E-state index in [2.05, 4.69) is 55.3 Å². The Hall–Kier alpha value is -1.35. The number of hydrogen-bond donors (Lipinski definition) is 1. The fourth-order valence-corrected chi connectivity index (χ4v) is 3.53. The maximum Gasteiger partial charge on any atom is 0.223 e. The fraction of sp³-hybridized carbons (Fsp3) is 0.650. The van der Waals surface area contributed by atoms with Gasteiger partial charge in [-0.25, -0.2) is 0 Å². The summed E-state index contributed by atoms with van der Waals surface area (Å²) in [5.74, 6) is 0.676. The second-order valence-corrected chi connectivity index (χ2v) is 6.79. The van der Waals surface area contributed by atoms with Gasteiger partial charge in [-0.05, 0) is 57.2 Å². The van der Waals surface area contributed by atoms with Crippen molar-refractivity contribution in [1.29, 1.82) is 0 Å². The molecule has 1 amide bonds. The van der Waals surface area contributed by atoms with E-state index in [4.69, 9.17) is 0 Å². The van der Waals surface area contributed by atoms with E-state index in [0.29, 0.717) is 24.3 Å². The molecule has 3 nitrogen and oxygen atoms in total. The molecule has 1 unspecified atom stereocenters. The molecule has 1 atom stereocenters. The monoisotopic (exact) mass is 316 g/mol. The number of aryl methyl sites for hydroxylation is 1. The van der Waals surface area contributed by atoms with Gasteiger partial charge in [0.2, 0.25) is 5.91 Å². The molecule has 0 aliphatic carbocycles. The molecule has 23 heavy (non-hydrogen) atoms. The number of hydrogen-bond acceptors (Lipinski definition) is 2. The smallest absolute Gasteiger partial charge is 0.223 e. The summed E-state index contributed by atoms with van der Waals surface area (Å²) >= 11 is 0. The van der Waals surface area contributed by atoms with Crippen LogP contribution in [0.25, 0.3) is 0 Å². The van der Waals surface area contributed by atoms with E-state index in [1.807, 2.05) is 0 Å². The van der Waals surface area contributed by atoms with E-state index in [1.165, 1.54) is 11.1 Å². The normalized spacial score (nSPS) is 17.0. The molecule has 0 spiro atoms. The Morgan fingerprint density at radius 1 is 1.22 bits per heavy atom. The average molecular weight is 316 g/mol. The molecule has 1 heterocycles. The Morgan fingerprint density at radius 2 is 1.87 bits per heavy atom. The first-order chi connectivity index (χ1) is 11.2. The van der Waals surface area contributed by atoms with Crippen LogP contribution in [0.1, 0.15) is 63.0 Å². The van der Waals surface area contributed by atoms with Crippen molar-refractivity contribution in [3.05, 3.63) is 35.4 Å². The highest BCUT2D eigenvalue weighted by Gasteiger charge is 2.26. The van der Waals surface area contributed by atoms with E-state index in [1.54, 1.807) is 0 Å². The molecule has 1 fully saturated rings. The summed E-state index contributed by atoms with van der Waals surface area (Å²) in [6.07, 6.45) is 4.88. The summed E-state index contributed by atoms with van der Waals surface area (Å²) in [4.78, 5) is 15.1. The van der Waals surface area contributed by atoms with Gasteiger partial charge in [-0.2, -0.15) is 0 Å². The van der Waals surface area contributed by atoms with Gasteiger partial charge in [0, 0.05) is 19.0 Å². The molecule has 1 saturated heterocycles. The zero-order chi connectivity index (χ0) is 16.7. The van der Waals surface area contributed by atoms with Gasteiger partial charge in [-0.1, -0.05) is 43.7 Å². The van der Waals surface area contributed by atoms with E-state index in [9.17, 15) is 4.79 Å². The third-order valence-corrected chi connectivity index (χ3v) is 5.00. The number of benzene rings is 1. The van der Waals surface area contributed by atoms with Crippen molar-refractivity contribution in [1.82, 2.24) is 10.2 Å². The van der Waals surface area contributed by atoms with Crippen LogP contribution in [-0.4, -0.2) is 36.5 Å². The van der Waals surface area contributed by atoms with E-state index < -0.39 is 0 Å². The zero-order valence-electron chi connectivity index (χ0n) is 15.0. The van der Waals surface area contributed by atoms with Crippen molar-refractivity contribution in [3.8, 4) is 0 Å². The molecule has 1 aromatic rings. The van der Waals surface area contributed by atoms with E-state index >= 15 is 0 Å². The number of nitrogens with one attached hydrogen (secondary N) is 1. The molecule has 1 aliphatic heterocycles. The lowest BCUT2D eigenvalue weighted by Crippen LogP contribution is -2.46. The van der Waals surface area contributed by atoms with Crippen LogP contribution >= 0.6 is 0 Å². The molecule has 1 N–H and O–H groups in total. The maximum absolute atomic E-state index is 12.9. The molecule has 0 radical (unpaired) electrons. The molecule has 3 heteroatoms. The van der Waals surface area contributed by atoms with Gasteiger partial charge in [0.1, 0.15) is 0 Å². The van der Waals surface area contributed by atoms with Gasteiger partial charge in [0.25, 0.3) is 0 Å². The summed E-state index contributed by atoms with van der Waals surface area (Å²) in [6.45, 7) is 9.43. The van der Waals surface area contributed by atoms with Crippen molar-refractivity contribution in [2.75, 3.05) is 19.6 Å². The standard InChI is InChI=1S/C20H32N2O/c1-4-14-22(19-10-12-21-13-11-19)20(23)15-17(5-2)18-8-6-16(3)7-9-18/h6-9,17,19,21H,4-5,10-15H2,1-3H3. The van der Waals surface area contributed by atoms with Gasteiger partial charge >= 0.3 is 0 Å². The van der Waals surface area contributed by atoms with Gasteiger partial charge in [0.15, 0.2) is 0 Å². The van der Waals surface area contributed by atoms with Crippen LogP contribution in [0.2, 0.25) is 0 Å². The molecular weight excluding hydrogens is 284 g/mol. The molecule has 0 saturated carbocycles. The number of carbonyl (C=O) groups is 1. The van der Waals surface area contributed by atoms with Crippen molar-refractivity contribution in [2.24, 2.45) is 0 Å². The average Bonchev–Trinajstić information content (AvgIpc) is 2.59. The van der Waals surface area contributed by atoms with Crippen LogP contribution in [0.3, 0.4) is 0 Å². The number of nitrogens with zero attached hydrogens (tertiary/aromatic N) is 1. The number of piperidine rings is 1. The van der Waals surface area contributed by atoms with Crippen LogP contribution < -0.4 is 5.32 Å². The molecule has 128 valence electrons. The number of amides is 1. The third kappa shape index (κ3) is 5.07. The lowest BCUT2D eigenvalue weighted by molar-refractivity contribution is -0.134. The maximum atomic E-state index is 12.9. The Morgan fingerprint density at radius 3 is 2.43 bits per heavy atom. The van der Waals surface area contributed by atoms with Crippen molar-refractivity contribution in [3.63, 3.8) is 0 Å². The third-order valence-electron chi connectivity index (χ3n) is 5.00. The highest BCUT2D eigenvalue weighted by molar-refractivity contribution is 5.77. The SMILES string of the molecule is CCCN(C(=O)CC(CC)c1ccc(C)cc1)C1CCNCC1. The summed E-state index contributed by atoms with van der Waals surface area (Å²) < 4.78 is 0. The summed E-state index contributed by atoms with van der Waals surface area (Å²) in [6, 6.07) is 9.11. The minimum Gasteiger partial charge on any atom is -0.340 e. The van der Waals surface area contributed by atoms with E-state index in [-0.39, 0.29) is 0 Å². The largest absolute Gasteiger partial charge is 0.340 e. The summed E-state index contributed by atoms with van der Waals surface area (Å²) in [7, 11) is 0. The fourth-order valence-electron chi connectivity index (χ4n) is 3.53. The highest BCUT2D eigenvalue weighted by atomic mass is 16.2. The Bertz CT molecular complexity index is 477. The summed E-state index contributed by atoms with van der Waals surface area (Å²) in [5.41, 5.74) is 2.57. The van der Waals surface area contributed by atoms with Gasteiger partial charge in [0.05, 0.1) is 0 Å². The lowest BCUT2D eigenvalue weighted by atomic mass is 9.91. The van der Waals surface area contributed by atoms with E-state index in [0.717, 1.165) is 45.3 Å². The molecule has 0 aromatic heterocycles. The predicted octanol–water partition coefficient (Wildman–Crippen LogP) is 3.87. The Kier molecular flexibility index (Phi) is 7.10. The van der Waals surface area contributed by atoms with Gasteiger partial charge < -0.3 is 10.2 Å². The minimum atomic E-state index is 0.337. The molecular formula is C20H32N2O. The zero-order valence-corrected chi connectivity index (χ0v) is 15.0. The van der Waals surface area contributed by atoms with Gasteiger partial charge in [-0.15, -0.1) is 0 Å². The first kappa shape index (κ1) is 18.0. The Labute approximate surface area is 141 Å². The second kappa shape index (κ2) is 9.07. The molecule has 0 bridgehead atoms. The van der Waals surface area contributed by atoms with Crippen molar-refractivity contribution in [2.45, 2.75) is 64.8 Å². The first-order valence-corrected chi connectivity index (χ1v) is 9.22. The molecule has 1 aliphatic rings.